The molecule has 0 aromatic rings. The molecule has 0 amide bonds. The number of rotatable bonds is 6. The fourth-order valence-corrected chi connectivity index (χ4v) is 3.81. The highest BCUT2D eigenvalue weighted by Gasteiger charge is 2.42. The second-order valence-electron chi connectivity index (χ2n) is 6.05. The molecule has 102 valence electrons. The summed E-state index contributed by atoms with van der Waals surface area (Å²) >= 11 is 0. The van der Waals surface area contributed by atoms with Gasteiger partial charge in [-0.05, 0) is 42.4 Å². The van der Waals surface area contributed by atoms with Crippen molar-refractivity contribution in [2.24, 2.45) is 23.2 Å². The van der Waals surface area contributed by atoms with Gasteiger partial charge < -0.3 is 14.6 Å². The summed E-state index contributed by atoms with van der Waals surface area (Å²) < 4.78 is 10.5. The number of ether oxygens (including phenoxy) is 2. The lowest BCUT2D eigenvalue weighted by Gasteiger charge is -2.47. The van der Waals surface area contributed by atoms with E-state index in [9.17, 15) is 5.11 Å². The minimum absolute atomic E-state index is 0.179. The highest BCUT2D eigenvalue weighted by molar-refractivity contribution is 4.91. The summed E-state index contributed by atoms with van der Waals surface area (Å²) in [6.07, 6.45) is 3.34. The van der Waals surface area contributed by atoms with Crippen molar-refractivity contribution in [2.75, 3.05) is 27.1 Å². The molecular weight excluding hydrogens is 216 g/mol. The average Bonchev–Trinajstić information content (AvgIpc) is 2.24. The molecule has 0 saturated heterocycles. The first kappa shape index (κ1) is 14.9. The molecule has 0 aromatic carbocycles. The Kier molecular flexibility index (Phi) is 5.90. The molecule has 17 heavy (non-hydrogen) atoms. The number of hydrogen-bond donors (Lipinski definition) is 1. The maximum atomic E-state index is 9.24. The first-order chi connectivity index (χ1) is 8.03. The summed E-state index contributed by atoms with van der Waals surface area (Å²) in [5.74, 6) is 1.97. The fourth-order valence-electron chi connectivity index (χ4n) is 3.81. The van der Waals surface area contributed by atoms with Crippen molar-refractivity contribution in [2.45, 2.75) is 40.0 Å². The van der Waals surface area contributed by atoms with Crippen LogP contribution in [-0.4, -0.2) is 32.2 Å². The van der Waals surface area contributed by atoms with E-state index in [0.717, 1.165) is 18.9 Å². The van der Waals surface area contributed by atoms with Crippen molar-refractivity contribution in [3.8, 4) is 0 Å². The van der Waals surface area contributed by atoms with Gasteiger partial charge >= 0.3 is 0 Å². The highest BCUT2D eigenvalue weighted by Crippen LogP contribution is 2.48. The van der Waals surface area contributed by atoms with Crippen LogP contribution in [0.15, 0.2) is 0 Å². The Morgan fingerprint density at radius 2 is 2.06 bits per heavy atom. The first-order valence-electron chi connectivity index (χ1n) is 6.71. The molecule has 0 bridgehead atoms. The Balaban J connectivity index is 2.66. The number of hydrogen-bond acceptors (Lipinski definition) is 3. The standard InChI is InChI=1S/C14H28O3/c1-11-7-12(2)13(5-6-15)14(3,8-11)9-17-10-16-4/h11-13,15H,5-10H2,1-4H3/t11-,12+,13-,14+/m1/s1. The molecular formula is C14H28O3. The second kappa shape index (κ2) is 6.72. The maximum Gasteiger partial charge on any atom is 0.146 e. The van der Waals surface area contributed by atoms with E-state index < -0.39 is 0 Å². The van der Waals surface area contributed by atoms with Gasteiger partial charge in [-0.25, -0.2) is 0 Å². The third-order valence-corrected chi connectivity index (χ3v) is 4.24. The van der Waals surface area contributed by atoms with Crippen LogP contribution in [0, 0.1) is 23.2 Å². The van der Waals surface area contributed by atoms with E-state index in [1.54, 1.807) is 7.11 Å². The molecule has 1 aliphatic rings. The summed E-state index contributed by atoms with van der Waals surface area (Å²) in [5, 5.41) is 9.24. The average molecular weight is 244 g/mol. The van der Waals surface area contributed by atoms with Crippen LogP contribution in [-0.2, 0) is 9.47 Å². The van der Waals surface area contributed by atoms with Crippen molar-refractivity contribution in [3.05, 3.63) is 0 Å². The van der Waals surface area contributed by atoms with Crippen LogP contribution in [0.5, 0.6) is 0 Å². The predicted molar refractivity (Wildman–Crippen MR) is 68.7 cm³/mol. The van der Waals surface area contributed by atoms with Crippen LogP contribution < -0.4 is 0 Å². The molecule has 0 unspecified atom stereocenters. The van der Waals surface area contributed by atoms with Crippen molar-refractivity contribution < 1.29 is 14.6 Å². The van der Waals surface area contributed by atoms with Gasteiger partial charge in [-0.3, -0.25) is 0 Å². The van der Waals surface area contributed by atoms with Crippen molar-refractivity contribution in [1.29, 1.82) is 0 Å². The van der Waals surface area contributed by atoms with Gasteiger partial charge in [0.25, 0.3) is 0 Å². The molecule has 0 heterocycles. The Labute approximate surface area is 105 Å². The van der Waals surface area contributed by atoms with Crippen LogP contribution in [0.25, 0.3) is 0 Å². The molecule has 4 atom stereocenters. The minimum Gasteiger partial charge on any atom is -0.396 e. The summed E-state index contributed by atoms with van der Waals surface area (Å²) in [5.41, 5.74) is 0.179. The van der Waals surface area contributed by atoms with Gasteiger partial charge in [0.2, 0.25) is 0 Å². The van der Waals surface area contributed by atoms with Crippen LogP contribution >= 0.6 is 0 Å². The molecule has 0 spiro atoms. The zero-order chi connectivity index (χ0) is 12.9. The minimum atomic E-state index is 0.179. The summed E-state index contributed by atoms with van der Waals surface area (Å²) in [7, 11) is 1.65. The van der Waals surface area contributed by atoms with Crippen molar-refractivity contribution in [3.63, 3.8) is 0 Å². The molecule has 0 aromatic heterocycles. The largest absolute Gasteiger partial charge is 0.396 e. The van der Waals surface area contributed by atoms with E-state index >= 15 is 0 Å². The third kappa shape index (κ3) is 3.94. The molecule has 1 fully saturated rings. The quantitative estimate of drug-likeness (QED) is 0.576. The topological polar surface area (TPSA) is 38.7 Å². The number of aliphatic hydroxyl groups excluding tert-OH is 1. The lowest BCUT2D eigenvalue weighted by molar-refractivity contribution is -0.102. The van der Waals surface area contributed by atoms with Gasteiger partial charge in [0.05, 0.1) is 6.61 Å². The normalized spacial score (nSPS) is 38.3. The molecule has 1 rings (SSSR count). The molecule has 1 aliphatic carbocycles. The van der Waals surface area contributed by atoms with Gasteiger partial charge in [0.1, 0.15) is 6.79 Å². The van der Waals surface area contributed by atoms with Gasteiger partial charge in [-0.2, -0.15) is 0 Å². The summed E-state index contributed by atoms with van der Waals surface area (Å²) in [6.45, 7) is 8.31. The van der Waals surface area contributed by atoms with Crippen LogP contribution in [0.3, 0.4) is 0 Å². The molecule has 0 radical (unpaired) electrons. The number of methoxy groups -OCH3 is 1. The van der Waals surface area contributed by atoms with E-state index in [-0.39, 0.29) is 12.0 Å². The van der Waals surface area contributed by atoms with E-state index in [2.05, 4.69) is 20.8 Å². The first-order valence-corrected chi connectivity index (χ1v) is 6.71. The molecule has 3 nitrogen and oxygen atoms in total. The van der Waals surface area contributed by atoms with Crippen LogP contribution in [0.2, 0.25) is 0 Å². The molecule has 0 aliphatic heterocycles. The van der Waals surface area contributed by atoms with Crippen molar-refractivity contribution in [1.82, 2.24) is 0 Å². The summed E-state index contributed by atoms with van der Waals surface area (Å²) in [4.78, 5) is 0. The summed E-state index contributed by atoms with van der Waals surface area (Å²) in [6, 6.07) is 0. The lowest BCUT2D eigenvalue weighted by atomic mass is 9.59. The van der Waals surface area contributed by atoms with E-state index in [1.807, 2.05) is 0 Å². The number of aliphatic hydroxyl groups is 1. The van der Waals surface area contributed by atoms with Crippen LogP contribution in [0.4, 0.5) is 0 Å². The monoisotopic (exact) mass is 244 g/mol. The third-order valence-electron chi connectivity index (χ3n) is 4.24. The van der Waals surface area contributed by atoms with Gasteiger partial charge in [-0.15, -0.1) is 0 Å². The van der Waals surface area contributed by atoms with E-state index in [4.69, 9.17) is 9.47 Å². The fraction of sp³-hybridized carbons (Fsp3) is 1.00. The Morgan fingerprint density at radius 1 is 1.35 bits per heavy atom. The van der Waals surface area contributed by atoms with Gasteiger partial charge in [0, 0.05) is 13.7 Å². The predicted octanol–water partition coefficient (Wildman–Crippen LogP) is 2.68. The van der Waals surface area contributed by atoms with E-state index in [1.165, 1.54) is 12.8 Å². The van der Waals surface area contributed by atoms with E-state index in [0.29, 0.717) is 18.6 Å². The molecule has 3 heteroatoms. The zero-order valence-electron chi connectivity index (χ0n) is 11.7. The molecule has 1 saturated carbocycles. The Hall–Kier alpha value is -0.120. The second-order valence-corrected chi connectivity index (χ2v) is 6.05. The van der Waals surface area contributed by atoms with Crippen molar-refractivity contribution >= 4 is 0 Å². The SMILES string of the molecule is COCOC[C@]1(C)C[C@H](C)C[C@H](C)[C@H]1CCO. The zero-order valence-corrected chi connectivity index (χ0v) is 11.7. The Bertz CT molecular complexity index is 220. The smallest absolute Gasteiger partial charge is 0.146 e. The van der Waals surface area contributed by atoms with Crippen LogP contribution in [0.1, 0.15) is 40.0 Å². The lowest BCUT2D eigenvalue weighted by Crippen LogP contribution is -2.42. The van der Waals surface area contributed by atoms with Gasteiger partial charge in [-0.1, -0.05) is 20.8 Å². The maximum absolute atomic E-state index is 9.24. The van der Waals surface area contributed by atoms with Gasteiger partial charge in [0.15, 0.2) is 0 Å². The highest BCUT2D eigenvalue weighted by atomic mass is 16.7. The Morgan fingerprint density at radius 3 is 2.65 bits per heavy atom. The molecule has 1 N–H and O–H groups in total.